The smallest absolute Gasteiger partial charge is 0.319 e. The summed E-state index contributed by atoms with van der Waals surface area (Å²) in [5, 5.41) is 0. The molecule has 3 heteroatoms. The zero-order valence-electron chi connectivity index (χ0n) is 11.9. The van der Waals surface area contributed by atoms with Gasteiger partial charge in [-0.25, -0.2) is 0 Å². The van der Waals surface area contributed by atoms with Gasteiger partial charge < -0.3 is 4.74 Å². The van der Waals surface area contributed by atoms with Crippen LogP contribution in [0.25, 0.3) is 0 Å². The molecule has 0 N–H and O–H groups in total. The van der Waals surface area contributed by atoms with Crippen molar-refractivity contribution in [3.8, 4) is 0 Å². The number of nitrogens with zero attached hydrogens (tertiary/aromatic N) is 1. The van der Waals surface area contributed by atoms with Gasteiger partial charge in [-0.1, -0.05) is 42.7 Å². The van der Waals surface area contributed by atoms with Gasteiger partial charge in [0.2, 0.25) is 0 Å². The number of benzene rings is 1. The first-order valence-corrected chi connectivity index (χ1v) is 7.05. The number of methoxy groups -OCH3 is 1. The van der Waals surface area contributed by atoms with E-state index >= 15 is 0 Å². The Balaban J connectivity index is 2.05. The molecule has 1 aromatic carbocycles. The summed E-state index contributed by atoms with van der Waals surface area (Å²) >= 11 is 0. The number of aryl methyl sites for hydroxylation is 1. The van der Waals surface area contributed by atoms with Crippen LogP contribution >= 0.6 is 0 Å². The van der Waals surface area contributed by atoms with Crippen LogP contribution in [0.15, 0.2) is 24.3 Å². The highest BCUT2D eigenvalue weighted by Gasteiger charge is 2.24. The van der Waals surface area contributed by atoms with Gasteiger partial charge in [0.05, 0.1) is 13.7 Å². The Labute approximate surface area is 115 Å². The van der Waals surface area contributed by atoms with Gasteiger partial charge in [0.1, 0.15) is 0 Å². The van der Waals surface area contributed by atoms with E-state index in [1.54, 1.807) is 0 Å². The summed E-state index contributed by atoms with van der Waals surface area (Å²) in [6, 6.07) is 9.03. The quantitative estimate of drug-likeness (QED) is 0.763. The molecule has 0 amide bonds. The molecule has 0 spiro atoms. The highest BCUT2D eigenvalue weighted by molar-refractivity contribution is 5.71. The summed E-state index contributed by atoms with van der Waals surface area (Å²) in [6.45, 7) is 3.33. The third-order valence-corrected chi connectivity index (χ3v) is 3.87. The van der Waals surface area contributed by atoms with Crippen molar-refractivity contribution in [2.45, 2.75) is 45.2 Å². The maximum Gasteiger partial charge on any atom is 0.319 e. The number of rotatable bonds is 5. The van der Waals surface area contributed by atoms with Crippen LogP contribution in [0, 0.1) is 6.92 Å². The Hall–Kier alpha value is -1.35. The van der Waals surface area contributed by atoms with Crippen LogP contribution in [0.1, 0.15) is 36.8 Å². The van der Waals surface area contributed by atoms with Crippen molar-refractivity contribution in [1.29, 1.82) is 0 Å². The molecule has 0 aliphatic heterocycles. The Morgan fingerprint density at radius 1 is 1.37 bits per heavy atom. The van der Waals surface area contributed by atoms with E-state index in [0.29, 0.717) is 12.6 Å². The fourth-order valence-electron chi connectivity index (χ4n) is 2.86. The standard InChI is InChI=1S/C16H23NO2/c1-13-6-5-7-14(10-13)11-17(12-16(18)19-2)15-8-3-4-9-15/h5-7,10,15H,3-4,8-9,11-12H2,1-2H3. The van der Waals surface area contributed by atoms with Crippen LogP contribution in [0.5, 0.6) is 0 Å². The zero-order valence-corrected chi connectivity index (χ0v) is 11.9. The lowest BCUT2D eigenvalue weighted by Gasteiger charge is -2.27. The third kappa shape index (κ3) is 4.06. The van der Waals surface area contributed by atoms with Crippen LogP contribution in [-0.4, -0.2) is 30.6 Å². The van der Waals surface area contributed by atoms with Crippen molar-refractivity contribution < 1.29 is 9.53 Å². The molecule has 0 saturated heterocycles. The highest BCUT2D eigenvalue weighted by atomic mass is 16.5. The fourth-order valence-corrected chi connectivity index (χ4v) is 2.86. The Morgan fingerprint density at radius 2 is 2.11 bits per heavy atom. The van der Waals surface area contributed by atoms with E-state index in [4.69, 9.17) is 4.74 Å². The minimum atomic E-state index is -0.139. The van der Waals surface area contributed by atoms with Crippen LogP contribution in [-0.2, 0) is 16.1 Å². The van der Waals surface area contributed by atoms with Crippen molar-refractivity contribution in [2.75, 3.05) is 13.7 Å². The average Bonchev–Trinajstić information content (AvgIpc) is 2.91. The minimum Gasteiger partial charge on any atom is -0.468 e. The second kappa shape index (κ2) is 6.71. The van der Waals surface area contributed by atoms with E-state index in [1.165, 1.54) is 43.9 Å². The number of carbonyl (C=O) groups is 1. The van der Waals surface area contributed by atoms with Crippen LogP contribution in [0.3, 0.4) is 0 Å². The predicted molar refractivity (Wildman–Crippen MR) is 75.9 cm³/mol. The lowest BCUT2D eigenvalue weighted by Crippen LogP contribution is -2.37. The van der Waals surface area contributed by atoms with E-state index in [2.05, 4.69) is 36.1 Å². The summed E-state index contributed by atoms with van der Waals surface area (Å²) in [5.41, 5.74) is 2.54. The van der Waals surface area contributed by atoms with E-state index in [9.17, 15) is 4.79 Å². The first-order valence-electron chi connectivity index (χ1n) is 7.05. The molecule has 2 rings (SSSR count). The van der Waals surface area contributed by atoms with Crippen molar-refractivity contribution in [3.63, 3.8) is 0 Å². The van der Waals surface area contributed by atoms with Gasteiger partial charge in [0.25, 0.3) is 0 Å². The number of ether oxygens (including phenoxy) is 1. The molecular weight excluding hydrogens is 238 g/mol. The molecule has 0 radical (unpaired) electrons. The molecule has 19 heavy (non-hydrogen) atoms. The van der Waals surface area contributed by atoms with Gasteiger partial charge in [0, 0.05) is 12.6 Å². The molecular formula is C16H23NO2. The predicted octanol–water partition coefficient (Wildman–Crippen LogP) is 2.91. The first-order chi connectivity index (χ1) is 9.19. The van der Waals surface area contributed by atoms with Gasteiger partial charge in [0.15, 0.2) is 0 Å². The molecule has 1 aliphatic carbocycles. The number of hydrogen-bond donors (Lipinski definition) is 0. The van der Waals surface area contributed by atoms with E-state index in [-0.39, 0.29) is 5.97 Å². The fraction of sp³-hybridized carbons (Fsp3) is 0.562. The van der Waals surface area contributed by atoms with Gasteiger partial charge in [-0.3, -0.25) is 9.69 Å². The number of carbonyl (C=O) groups excluding carboxylic acids is 1. The second-order valence-electron chi connectivity index (χ2n) is 5.41. The molecule has 1 fully saturated rings. The molecule has 104 valence electrons. The first kappa shape index (κ1) is 14.1. The van der Waals surface area contributed by atoms with Gasteiger partial charge >= 0.3 is 5.97 Å². The number of esters is 1. The summed E-state index contributed by atoms with van der Waals surface area (Å²) in [4.78, 5) is 13.8. The van der Waals surface area contributed by atoms with Gasteiger partial charge in [-0.05, 0) is 25.3 Å². The summed E-state index contributed by atoms with van der Waals surface area (Å²) in [6.07, 6.45) is 4.94. The van der Waals surface area contributed by atoms with Crippen LogP contribution in [0.2, 0.25) is 0 Å². The summed E-state index contributed by atoms with van der Waals surface area (Å²) in [7, 11) is 1.46. The van der Waals surface area contributed by atoms with E-state index in [1.807, 2.05) is 0 Å². The molecule has 0 atom stereocenters. The lowest BCUT2D eigenvalue weighted by molar-refractivity contribution is -0.142. The maximum absolute atomic E-state index is 11.6. The topological polar surface area (TPSA) is 29.5 Å². The SMILES string of the molecule is COC(=O)CN(Cc1cccc(C)c1)C1CCCC1. The van der Waals surface area contributed by atoms with Crippen LogP contribution < -0.4 is 0 Å². The monoisotopic (exact) mass is 261 g/mol. The molecule has 1 saturated carbocycles. The van der Waals surface area contributed by atoms with E-state index in [0.717, 1.165) is 6.54 Å². The highest BCUT2D eigenvalue weighted by Crippen LogP contribution is 2.25. The maximum atomic E-state index is 11.6. The van der Waals surface area contributed by atoms with Crippen molar-refractivity contribution in [1.82, 2.24) is 4.90 Å². The molecule has 1 aliphatic rings. The van der Waals surface area contributed by atoms with Crippen LogP contribution in [0.4, 0.5) is 0 Å². The Morgan fingerprint density at radius 3 is 2.74 bits per heavy atom. The second-order valence-corrected chi connectivity index (χ2v) is 5.41. The van der Waals surface area contributed by atoms with Gasteiger partial charge in [-0.15, -0.1) is 0 Å². The van der Waals surface area contributed by atoms with Crippen molar-refractivity contribution in [3.05, 3.63) is 35.4 Å². The summed E-state index contributed by atoms with van der Waals surface area (Å²) < 4.78 is 4.82. The zero-order chi connectivity index (χ0) is 13.7. The van der Waals surface area contributed by atoms with E-state index < -0.39 is 0 Å². The van der Waals surface area contributed by atoms with Crippen molar-refractivity contribution in [2.24, 2.45) is 0 Å². The molecule has 0 bridgehead atoms. The van der Waals surface area contributed by atoms with Crippen molar-refractivity contribution >= 4 is 5.97 Å². The summed E-state index contributed by atoms with van der Waals surface area (Å²) in [5.74, 6) is -0.139. The Kier molecular flexibility index (Phi) is 4.97. The molecule has 3 nitrogen and oxygen atoms in total. The number of hydrogen-bond acceptors (Lipinski definition) is 3. The average molecular weight is 261 g/mol. The van der Waals surface area contributed by atoms with Gasteiger partial charge in [-0.2, -0.15) is 0 Å². The third-order valence-electron chi connectivity index (χ3n) is 3.87. The normalized spacial score (nSPS) is 15.9. The molecule has 0 heterocycles. The largest absolute Gasteiger partial charge is 0.468 e. The Bertz CT molecular complexity index is 425. The molecule has 0 unspecified atom stereocenters. The molecule has 1 aromatic rings. The minimum absolute atomic E-state index is 0.139. The molecule has 0 aromatic heterocycles. The lowest BCUT2D eigenvalue weighted by atomic mass is 10.1.